The van der Waals surface area contributed by atoms with Crippen LogP contribution >= 0.6 is 0 Å². The van der Waals surface area contributed by atoms with Gasteiger partial charge in [-0.2, -0.15) is 5.10 Å². The molecule has 11 nitrogen and oxygen atoms in total. The molecule has 0 bridgehead atoms. The van der Waals surface area contributed by atoms with Crippen molar-refractivity contribution in [3.63, 3.8) is 0 Å². The molecule has 2 N–H and O–H groups in total. The van der Waals surface area contributed by atoms with Gasteiger partial charge in [0.05, 0.1) is 28.6 Å². The fraction of sp³-hybridized carbons (Fsp3) is 0.360. The first-order valence-electron chi connectivity index (χ1n) is 14.6. The second-order valence-electron chi connectivity index (χ2n) is 8.96. The molecule has 6 rings (SSSR count). The zero-order valence-electron chi connectivity index (χ0n) is 25.7. The first kappa shape index (κ1) is 17.3. The molecule has 0 aromatic carbocycles. The maximum atomic E-state index is 15.6. The number of nitrogens with two attached hydrogens (primary N) is 1. The fourth-order valence-corrected chi connectivity index (χ4v) is 5.26. The molecule has 0 radical (unpaired) electrons. The third-order valence-corrected chi connectivity index (χ3v) is 6.84. The predicted molar refractivity (Wildman–Crippen MR) is 133 cm³/mol. The summed E-state index contributed by atoms with van der Waals surface area (Å²) in [5.74, 6) is -1.94. The Balaban J connectivity index is 1.76. The van der Waals surface area contributed by atoms with Gasteiger partial charge in [0, 0.05) is 53.4 Å². The Labute approximate surface area is 219 Å². The van der Waals surface area contributed by atoms with Crippen molar-refractivity contribution in [1.29, 1.82) is 0 Å². The molecular weight excluding hydrogens is 477 g/mol. The number of fused-ring (bicyclic) bond motifs is 3. The summed E-state index contributed by atoms with van der Waals surface area (Å²) in [7, 11) is 1.54. The van der Waals surface area contributed by atoms with Crippen LogP contribution in [0.1, 0.15) is 49.0 Å². The molecule has 0 saturated carbocycles. The van der Waals surface area contributed by atoms with E-state index in [1.54, 1.807) is 10.6 Å². The van der Waals surface area contributed by atoms with Gasteiger partial charge in [-0.15, -0.1) is 5.10 Å². The van der Waals surface area contributed by atoms with E-state index in [2.05, 4.69) is 25.4 Å². The van der Waals surface area contributed by atoms with Crippen LogP contribution in [0.25, 0.3) is 33.3 Å². The Morgan fingerprint density at radius 3 is 2.84 bits per heavy atom. The zero-order chi connectivity index (χ0) is 30.8. The van der Waals surface area contributed by atoms with E-state index in [4.69, 9.17) is 18.7 Å². The van der Waals surface area contributed by atoms with Gasteiger partial charge in [0.25, 0.3) is 5.91 Å². The van der Waals surface area contributed by atoms with Crippen LogP contribution in [0.3, 0.4) is 0 Å². The molecule has 37 heavy (non-hydrogen) atoms. The Kier molecular flexibility index (Phi) is 4.08. The molecule has 6 heterocycles. The van der Waals surface area contributed by atoms with E-state index in [1.807, 2.05) is 0 Å². The zero-order valence-corrected chi connectivity index (χ0v) is 19.7. The van der Waals surface area contributed by atoms with Gasteiger partial charge in [-0.3, -0.25) is 19.4 Å². The number of hydrogen-bond donors (Lipinski definition) is 1. The first-order valence-corrected chi connectivity index (χ1v) is 11.6. The van der Waals surface area contributed by atoms with Crippen LogP contribution in [0, 0.1) is 18.6 Å². The number of aromatic nitrogens is 8. The van der Waals surface area contributed by atoms with Crippen LogP contribution in [0.5, 0.6) is 0 Å². The van der Waals surface area contributed by atoms with Crippen LogP contribution in [0.15, 0.2) is 30.6 Å². The molecule has 1 aliphatic rings. The Morgan fingerprint density at radius 1 is 1.27 bits per heavy atom. The molecule has 0 aliphatic carbocycles. The summed E-state index contributed by atoms with van der Waals surface area (Å²) in [6, 6.07) is 3.47. The summed E-state index contributed by atoms with van der Waals surface area (Å²) < 4.78 is 72.6. The quantitative estimate of drug-likeness (QED) is 0.385. The van der Waals surface area contributed by atoms with E-state index in [-0.39, 0.29) is 39.5 Å². The Bertz CT molecular complexity index is 1870. The number of amides is 1. The number of aryl methyl sites for hydroxylation is 3. The van der Waals surface area contributed by atoms with Gasteiger partial charge < -0.3 is 15.0 Å². The summed E-state index contributed by atoms with van der Waals surface area (Å²) in [6.45, 7) is -4.69. The molecule has 1 amide bonds. The van der Waals surface area contributed by atoms with Gasteiger partial charge in [-0.1, -0.05) is 5.21 Å². The van der Waals surface area contributed by atoms with Crippen molar-refractivity contribution < 1.29 is 22.1 Å². The molecule has 12 heteroatoms. The summed E-state index contributed by atoms with van der Waals surface area (Å²) in [6.07, 6.45) is 3.84. The summed E-state index contributed by atoms with van der Waals surface area (Å²) in [5, 5.41) is 12.0. The summed E-state index contributed by atoms with van der Waals surface area (Å²) in [4.78, 5) is 21.9. The minimum atomic E-state index is -2.88. The Hall–Kier alpha value is -4.19. The van der Waals surface area contributed by atoms with Gasteiger partial charge in [-0.05, 0) is 43.8 Å². The topological polar surface area (TPSA) is 132 Å². The van der Waals surface area contributed by atoms with Crippen LogP contribution in [0.2, 0.25) is 0 Å². The second kappa shape index (κ2) is 8.73. The molecule has 5 aromatic rings. The molecule has 1 unspecified atom stereocenters. The number of ether oxygens (including phenoxy) is 1. The highest BCUT2D eigenvalue weighted by Crippen LogP contribution is 2.41. The molecule has 1 fully saturated rings. The van der Waals surface area contributed by atoms with Crippen molar-refractivity contribution in [3.05, 3.63) is 53.5 Å². The molecule has 0 spiro atoms. The van der Waals surface area contributed by atoms with Crippen molar-refractivity contribution in [2.75, 3.05) is 13.2 Å². The van der Waals surface area contributed by atoms with Gasteiger partial charge in [0.1, 0.15) is 28.1 Å². The van der Waals surface area contributed by atoms with Crippen molar-refractivity contribution in [1.82, 2.24) is 39.3 Å². The van der Waals surface area contributed by atoms with Gasteiger partial charge in [0.2, 0.25) is 0 Å². The average molecular weight is 510 g/mol. The first-order chi connectivity index (χ1) is 20.3. The lowest BCUT2D eigenvalue weighted by molar-refractivity contribution is 0.0542. The van der Waals surface area contributed by atoms with E-state index in [0.717, 1.165) is 0 Å². The number of pyridine rings is 2. The lowest BCUT2D eigenvalue weighted by Gasteiger charge is -2.32. The number of halogens is 1. The average Bonchev–Trinajstić information content (AvgIpc) is 3.61. The van der Waals surface area contributed by atoms with Gasteiger partial charge in [-0.25, -0.2) is 9.07 Å². The number of hydrogen-bond acceptors (Lipinski definition) is 7. The third-order valence-electron chi connectivity index (χ3n) is 6.84. The van der Waals surface area contributed by atoms with Crippen LogP contribution in [-0.4, -0.2) is 58.4 Å². The van der Waals surface area contributed by atoms with Crippen molar-refractivity contribution in [3.8, 4) is 11.3 Å². The minimum Gasteiger partial charge on any atom is -0.381 e. The molecule has 190 valence electrons. The fourth-order valence-electron chi connectivity index (χ4n) is 5.26. The molecule has 1 aliphatic heterocycles. The van der Waals surface area contributed by atoms with E-state index in [9.17, 15) is 4.79 Å². The maximum absolute atomic E-state index is 15.6. The lowest BCUT2D eigenvalue weighted by Crippen LogP contribution is -2.29. The SMILES string of the molecule is [2H]C([2H])([2H])c1nnn(C)c1-c1cnc2c3nn(C([2H])([2H])[2H])c(C(N)=O)c3n(C(c3ncccc3F)C3CCOCC3)c2c1. The standard InChI is InChI=1S/C25H26FN9O2/c1-13-21(34(3)32-30-13)15-11-17-19(29-12-15)20-23(24(25(27)36)33(2)31-20)35(17)22(14-6-9-37-10-7-14)18-16(26)5-4-8-28-18/h4-5,8,11-12,14,22H,6-7,9-10H2,1-3H3,(H2,27,36)/i1D3,2D3. The van der Waals surface area contributed by atoms with Crippen molar-refractivity contribution in [2.24, 2.45) is 25.7 Å². The highest BCUT2D eigenvalue weighted by molar-refractivity contribution is 6.12. The Morgan fingerprint density at radius 2 is 2.11 bits per heavy atom. The van der Waals surface area contributed by atoms with Crippen LogP contribution < -0.4 is 5.73 Å². The largest absolute Gasteiger partial charge is 0.381 e. The highest BCUT2D eigenvalue weighted by Gasteiger charge is 2.35. The molecular formula is C25H26FN9O2. The van der Waals surface area contributed by atoms with Crippen molar-refractivity contribution in [2.45, 2.75) is 25.7 Å². The van der Waals surface area contributed by atoms with Crippen LogP contribution in [-0.2, 0) is 18.8 Å². The van der Waals surface area contributed by atoms with E-state index in [0.29, 0.717) is 41.8 Å². The smallest absolute Gasteiger partial charge is 0.269 e. The highest BCUT2D eigenvalue weighted by atomic mass is 19.1. The van der Waals surface area contributed by atoms with Crippen molar-refractivity contribution >= 4 is 28.0 Å². The molecule has 1 saturated heterocycles. The number of carbonyl (C=O) groups is 1. The third kappa shape index (κ3) is 3.58. The number of nitrogens with zero attached hydrogens (tertiary/aromatic N) is 8. The lowest BCUT2D eigenvalue weighted by atomic mass is 9.88. The van der Waals surface area contributed by atoms with E-state index in [1.165, 1.54) is 36.3 Å². The minimum absolute atomic E-state index is 0.0454. The van der Waals surface area contributed by atoms with Gasteiger partial charge in [0.15, 0.2) is 0 Å². The second-order valence-corrected chi connectivity index (χ2v) is 8.96. The molecule has 1 atom stereocenters. The predicted octanol–water partition coefficient (Wildman–Crippen LogP) is 2.68. The number of primary amides is 1. The monoisotopic (exact) mass is 509 g/mol. The van der Waals surface area contributed by atoms with Crippen LogP contribution in [0.4, 0.5) is 4.39 Å². The van der Waals surface area contributed by atoms with Gasteiger partial charge >= 0.3 is 0 Å². The summed E-state index contributed by atoms with van der Waals surface area (Å²) in [5.41, 5.74) is 6.30. The van der Waals surface area contributed by atoms with E-state index < -0.39 is 37.3 Å². The number of carbonyl (C=O) groups excluding carboxylic acids is 1. The normalized spacial score (nSPS) is 18.6. The van der Waals surface area contributed by atoms with E-state index >= 15 is 4.39 Å². The molecule has 5 aromatic heterocycles. The number of rotatable bonds is 5. The summed E-state index contributed by atoms with van der Waals surface area (Å²) >= 11 is 0. The maximum Gasteiger partial charge on any atom is 0.269 e.